The van der Waals surface area contributed by atoms with Crippen molar-refractivity contribution < 1.29 is 9.53 Å². The molecule has 8 heteroatoms. The van der Waals surface area contributed by atoms with Crippen LogP contribution in [0.1, 0.15) is 29.4 Å². The van der Waals surface area contributed by atoms with E-state index in [1.54, 1.807) is 18.5 Å². The predicted octanol–water partition coefficient (Wildman–Crippen LogP) is 3.21. The van der Waals surface area contributed by atoms with Gasteiger partial charge in [0, 0.05) is 0 Å². The number of fused-ring (bicyclic) bond motifs is 1. The molecule has 1 fully saturated rings. The van der Waals surface area contributed by atoms with E-state index in [1.165, 1.54) is 10.8 Å². The standard InChI is InChI=1S/C23H21N5O2Se/c29-22(16-8-3-1-4-9-16)27-20-19-21(25-14-24-20)28(15-26-19)23-18(12-7-13-30-23)31-17-10-5-2-6-11-17/h1-6,8-11,14-15,18,23H,7,12-13H2,(H,24,25,27,29)/t18-,23-/m0/s1. The number of carbonyl (C=O) groups excluding carboxylic acids is 1. The van der Waals surface area contributed by atoms with E-state index in [2.05, 4.69) is 44.5 Å². The van der Waals surface area contributed by atoms with Crippen molar-refractivity contribution in [3.63, 3.8) is 0 Å². The van der Waals surface area contributed by atoms with Gasteiger partial charge in [-0.1, -0.05) is 0 Å². The summed E-state index contributed by atoms with van der Waals surface area (Å²) in [6.07, 6.45) is 5.23. The van der Waals surface area contributed by atoms with Gasteiger partial charge in [-0.2, -0.15) is 0 Å². The molecule has 1 saturated heterocycles. The molecule has 0 aliphatic carbocycles. The Morgan fingerprint density at radius 1 is 1.03 bits per heavy atom. The van der Waals surface area contributed by atoms with Gasteiger partial charge in [0.2, 0.25) is 0 Å². The molecule has 3 heterocycles. The van der Waals surface area contributed by atoms with Crippen molar-refractivity contribution in [2.75, 3.05) is 11.9 Å². The molecule has 4 aromatic rings. The van der Waals surface area contributed by atoms with Crippen molar-refractivity contribution >= 4 is 42.3 Å². The second-order valence-corrected chi connectivity index (χ2v) is 9.99. The first-order valence-electron chi connectivity index (χ1n) is 10.2. The monoisotopic (exact) mass is 479 g/mol. The molecule has 0 bridgehead atoms. The van der Waals surface area contributed by atoms with E-state index in [0.717, 1.165) is 12.8 Å². The maximum absolute atomic E-state index is 12.6. The molecular weight excluding hydrogens is 457 g/mol. The van der Waals surface area contributed by atoms with Gasteiger partial charge in [0.1, 0.15) is 0 Å². The van der Waals surface area contributed by atoms with Gasteiger partial charge in [0.25, 0.3) is 0 Å². The molecule has 7 nitrogen and oxygen atoms in total. The molecule has 0 spiro atoms. The Bertz CT molecular complexity index is 1180. The second kappa shape index (κ2) is 8.98. The number of nitrogens with one attached hydrogen (secondary N) is 1. The van der Waals surface area contributed by atoms with Crippen molar-refractivity contribution in [1.29, 1.82) is 0 Å². The summed E-state index contributed by atoms with van der Waals surface area (Å²) in [5.74, 6) is 0.174. The second-order valence-electron chi connectivity index (χ2n) is 7.24. The van der Waals surface area contributed by atoms with E-state index in [4.69, 9.17) is 4.74 Å². The number of aromatic nitrogens is 4. The molecule has 156 valence electrons. The van der Waals surface area contributed by atoms with Crippen LogP contribution in [0.25, 0.3) is 11.2 Å². The zero-order valence-corrected chi connectivity index (χ0v) is 18.4. The molecule has 1 aliphatic rings. The molecule has 2 atom stereocenters. The molecule has 2 aromatic carbocycles. The zero-order valence-electron chi connectivity index (χ0n) is 16.7. The summed E-state index contributed by atoms with van der Waals surface area (Å²) in [7, 11) is 0. The van der Waals surface area contributed by atoms with Gasteiger partial charge >= 0.3 is 186 Å². The molecular formula is C23H21N5O2Se. The molecule has 1 N–H and O–H groups in total. The van der Waals surface area contributed by atoms with Gasteiger partial charge in [0.15, 0.2) is 0 Å². The number of nitrogens with zero attached hydrogens (tertiary/aromatic N) is 4. The van der Waals surface area contributed by atoms with Crippen LogP contribution in [-0.4, -0.2) is 47.0 Å². The van der Waals surface area contributed by atoms with E-state index in [0.29, 0.717) is 34.0 Å². The summed E-state index contributed by atoms with van der Waals surface area (Å²) in [5, 5.41) is 2.87. The summed E-state index contributed by atoms with van der Waals surface area (Å²) in [6, 6.07) is 19.6. The van der Waals surface area contributed by atoms with E-state index >= 15 is 0 Å². The number of benzene rings is 2. The summed E-state index contributed by atoms with van der Waals surface area (Å²) < 4.78 is 9.54. The first-order valence-corrected chi connectivity index (χ1v) is 12.0. The number of ether oxygens (including phenoxy) is 1. The van der Waals surface area contributed by atoms with Crippen molar-refractivity contribution in [2.45, 2.75) is 23.9 Å². The minimum absolute atomic E-state index is 0.133. The Kier molecular flexibility index (Phi) is 5.75. The SMILES string of the molecule is O=C(Nc1ncnc2c1ncn2[C@H]1OCCC[C@@H]1[Se]c1ccccc1)c1ccccc1. The van der Waals surface area contributed by atoms with Crippen LogP contribution in [0.4, 0.5) is 5.82 Å². The molecule has 1 aliphatic heterocycles. The quantitative estimate of drug-likeness (QED) is 0.446. The average Bonchev–Trinajstić information content (AvgIpc) is 3.26. The number of carbonyl (C=O) groups is 1. The van der Waals surface area contributed by atoms with Gasteiger partial charge in [-0.3, -0.25) is 0 Å². The third-order valence-electron chi connectivity index (χ3n) is 5.17. The van der Waals surface area contributed by atoms with Gasteiger partial charge in [-0.05, 0) is 0 Å². The number of rotatable bonds is 5. The van der Waals surface area contributed by atoms with Crippen LogP contribution in [0.15, 0.2) is 73.3 Å². The summed E-state index contributed by atoms with van der Waals surface area (Å²) in [4.78, 5) is 26.2. The fourth-order valence-electron chi connectivity index (χ4n) is 3.69. The summed E-state index contributed by atoms with van der Waals surface area (Å²) >= 11 is 0.264. The van der Waals surface area contributed by atoms with Crippen molar-refractivity contribution in [2.24, 2.45) is 0 Å². The third kappa shape index (κ3) is 4.23. The molecule has 1 amide bonds. The van der Waals surface area contributed by atoms with Crippen LogP contribution in [0, 0.1) is 0 Å². The summed E-state index contributed by atoms with van der Waals surface area (Å²) in [5.41, 5.74) is 1.79. The average molecular weight is 478 g/mol. The topological polar surface area (TPSA) is 81.9 Å². The Balaban J connectivity index is 1.43. The molecule has 0 radical (unpaired) electrons. The van der Waals surface area contributed by atoms with E-state index < -0.39 is 0 Å². The minimum atomic E-state index is -0.227. The van der Waals surface area contributed by atoms with Gasteiger partial charge in [-0.25, -0.2) is 0 Å². The van der Waals surface area contributed by atoms with E-state index in [9.17, 15) is 4.79 Å². The Hall–Kier alpha value is -3.06. The maximum atomic E-state index is 12.6. The van der Waals surface area contributed by atoms with Crippen LogP contribution in [0.3, 0.4) is 0 Å². The van der Waals surface area contributed by atoms with Crippen LogP contribution >= 0.6 is 0 Å². The molecule has 0 unspecified atom stereocenters. The number of anilines is 1. The fraction of sp³-hybridized carbons (Fsp3) is 0.217. The van der Waals surface area contributed by atoms with Gasteiger partial charge in [0.05, 0.1) is 0 Å². The fourth-order valence-corrected chi connectivity index (χ4v) is 6.36. The van der Waals surface area contributed by atoms with Crippen molar-refractivity contribution in [3.05, 3.63) is 78.9 Å². The normalized spacial score (nSPS) is 18.7. The number of amides is 1. The first-order chi connectivity index (χ1) is 15.3. The third-order valence-corrected chi connectivity index (χ3v) is 7.93. The van der Waals surface area contributed by atoms with Crippen LogP contribution < -0.4 is 9.78 Å². The molecule has 2 aromatic heterocycles. The van der Waals surface area contributed by atoms with Crippen LogP contribution in [-0.2, 0) is 4.74 Å². The number of hydrogen-bond acceptors (Lipinski definition) is 5. The Morgan fingerprint density at radius 3 is 2.61 bits per heavy atom. The molecule has 31 heavy (non-hydrogen) atoms. The van der Waals surface area contributed by atoms with Gasteiger partial charge in [-0.15, -0.1) is 0 Å². The Morgan fingerprint density at radius 2 is 1.81 bits per heavy atom. The van der Waals surface area contributed by atoms with Crippen molar-refractivity contribution in [1.82, 2.24) is 19.5 Å². The number of hydrogen-bond donors (Lipinski definition) is 1. The predicted molar refractivity (Wildman–Crippen MR) is 120 cm³/mol. The van der Waals surface area contributed by atoms with E-state index in [1.807, 2.05) is 28.8 Å². The first kappa shape index (κ1) is 19.9. The zero-order chi connectivity index (χ0) is 21.0. The van der Waals surface area contributed by atoms with Gasteiger partial charge < -0.3 is 0 Å². The Labute approximate surface area is 186 Å². The molecule has 0 saturated carbocycles. The van der Waals surface area contributed by atoms with Crippen LogP contribution in [0.5, 0.6) is 0 Å². The van der Waals surface area contributed by atoms with Crippen molar-refractivity contribution in [3.8, 4) is 0 Å². The van der Waals surface area contributed by atoms with Crippen LogP contribution in [0.2, 0.25) is 4.82 Å². The molecule has 5 rings (SSSR count). The van der Waals surface area contributed by atoms with E-state index in [-0.39, 0.29) is 27.1 Å². The summed E-state index contributed by atoms with van der Waals surface area (Å²) in [6.45, 7) is 0.717. The number of imidazole rings is 1.